The van der Waals surface area contributed by atoms with Gasteiger partial charge in [-0.3, -0.25) is 4.79 Å². The molecule has 1 amide bonds. The van der Waals surface area contributed by atoms with E-state index in [2.05, 4.69) is 5.32 Å². The monoisotopic (exact) mass is 279 g/mol. The molecule has 1 unspecified atom stereocenters. The van der Waals surface area contributed by atoms with Crippen LogP contribution in [0.1, 0.15) is 44.6 Å². The molecule has 1 aromatic carbocycles. The Kier molecular flexibility index (Phi) is 4.99. The van der Waals surface area contributed by atoms with Crippen LogP contribution in [-0.4, -0.2) is 18.1 Å². The SMILES string of the molecule is Cc1cc(OC(C)C(=O)NC2CCCCC2)ccc1F. The molecule has 110 valence electrons. The van der Waals surface area contributed by atoms with Crippen molar-refractivity contribution in [1.29, 1.82) is 0 Å². The number of aryl methyl sites for hydroxylation is 1. The summed E-state index contributed by atoms with van der Waals surface area (Å²) in [7, 11) is 0. The summed E-state index contributed by atoms with van der Waals surface area (Å²) in [6, 6.07) is 4.79. The van der Waals surface area contributed by atoms with E-state index in [0.29, 0.717) is 11.3 Å². The van der Waals surface area contributed by atoms with Gasteiger partial charge < -0.3 is 10.1 Å². The molecule has 0 spiro atoms. The van der Waals surface area contributed by atoms with Gasteiger partial charge in [-0.1, -0.05) is 19.3 Å². The molecule has 0 bridgehead atoms. The molecule has 4 heteroatoms. The first-order valence-corrected chi connectivity index (χ1v) is 7.29. The molecule has 0 aromatic heterocycles. The second-order valence-electron chi connectivity index (χ2n) is 5.51. The number of ether oxygens (including phenoxy) is 1. The number of nitrogens with one attached hydrogen (secondary N) is 1. The lowest BCUT2D eigenvalue weighted by Gasteiger charge is -2.24. The number of halogens is 1. The molecule has 0 heterocycles. The molecule has 2 rings (SSSR count). The second kappa shape index (κ2) is 6.73. The van der Waals surface area contributed by atoms with Crippen molar-refractivity contribution in [3.8, 4) is 5.75 Å². The molecule has 1 atom stereocenters. The van der Waals surface area contributed by atoms with E-state index in [9.17, 15) is 9.18 Å². The topological polar surface area (TPSA) is 38.3 Å². The van der Waals surface area contributed by atoms with Crippen molar-refractivity contribution in [2.24, 2.45) is 0 Å². The summed E-state index contributed by atoms with van der Waals surface area (Å²) < 4.78 is 18.7. The van der Waals surface area contributed by atoms with Crippen molar-refractivity contribution in [2.45, 2.75) is 58.1 Å². The Labute approximate surface area is 119 Å². The predicted octanol–water partition coefficient (Wildman–Crippen LogP) is 3.35. The first-order chi connectivity index (χ1) is 9.56. The highest BCUT2D eigenvalue weighted by Crippen LogP contribution is 2.19. The third kappa shape index (κ3) is 3.95. The van der Waals surface area contributed by atoms with Crippen LogP contribution in [0.25, 0.3) is 0 Å². The fraction of sp³-hybridized carbons (Fsp3) is 0.562. The summed E-state index contributed by atoms with van der Waals surface area (Å²) in [6.07, 6.45) is 5.14. The van der Waals surface area contributed by atoms with Gasteiger partial charge in [0.05, 0.1) is 0 Å². The summed E-state index contributed by atoms with van der Waals surface area (Å²) in [6.45, 7) is 3.39. The molecule has 1 saturated carbocycles. The lowest BCUT2D eigenvalue weighted by Crippen LogP contribution is -2.43. The quantitative estimate of drug-likeness (QED) is 0.918. The van der Waals surface area contributed by atoms with E-state index in [1.54, 1.807) is 26.0 Å². The minimum atomic E-state index is -0.568. The summed E-state index contributed by atoms with van der Waals surface area (Å²) in [5, 5.41) is 3.03. The van der Waals surface area contributed by atoms with Crippen LogP contribution in [-0.2, 0) is 4.79 Å². The number of rotatable bonds is 4. The maximum absolute atomic E-state index is 13.2. The van der Waals surface area contributed by atoms with Crippen LogP contribution in [0.5, 0.6) is 5.75 Å². The largest absolute Gasteiger partial charge is 0.481 e. The summed E-state index contributed by atoms with van der Waals surface area (Å²) in [5.74, 6) is 0.158. The van der Waals surface area contributed by atoms with Gasteiger partial charge in [0.1, 0.15) is 11.6 Å². The molecular formula is C16H22FNO2. The van der Waals surface area contributed by atoms with Crippen molar-refractivity contribution >= 4 is 5.91 Å². The van der Waals surface area contributed by atoms with Crippen LogP contribution in [0.2, 0.25) is 0 Å². The normalized spacial score (nSPS) is 17.6. The Morgan fingerprint density at radius 3 is 2.70 bits per heavy atom. The minimum Gasteiger partial charge on any atom is -0.481 e. The van der Waals surface area contributed by atoms with Gasteiger partial charge in [-0.15, -0.1) is 0 Å². The van der Waals surface area contributed by atoms with Crippen molar-refractivity contribution < 1.29 is 13.9 Å². The van der Waals surface area contributed by atoms with Crippen LogP contribution >= 0.6 is 0 Å². The lowest BCUT2D eigenvalue weighted by molar-refractivity contribution is -0.128. The predicted molar refractivity (Wildman–Crippen MR) is 76.2 cm³/mol. The molecule has 3 nitrogen and oxygen atoms in total. The highest BCUT2D eigenvalue weighted by atomic mass is 19.1. The zero-order valence-electron chi connectivity index (χ0n) is 12.1. The van der Waals surface area contributed by atoms with Crippen molar-refractivity contribution in [1.82, 2.24) is 5.32 Å². The van der Waals surface area contributed by atoms with Gasteiger partial charge >= 0.3 is 0 Å². The van der Waals surface area contributed by atoms with E-state index in [0.717, 1.165) is 12.8 Å². The molecular weight excluding hydrogens is 257 g/mol. The van der Waals surface area contributed by atoms with Crippen LogP contribution in [0.15, 0.2) is 18.2 Å². The number of hydrogen-bond acceptors (Lipinski definition) is 2. The van der Waals surface area contributed by atoms with Gasteiger partial charge in [0.25, 0.3) is 5.91 Å². The standard InChI is InChI=1S/C16H22FNO2/c1-11-10-14(8-9-15(11)17)20-12(2)16(19)18-13-6-4-3-5-7-13/h8-10,12-13H,3-7H2,1-2H3,(H,18,19). The third-order valence-electron chi connectivity index (χ3n) is 3.76. The molecule has 1 aromatic rings. The first kappa shape index (κ1) is 14.8. The van der Waals surface area contributed by atoms with E-state index >= 15 is 0 Å². The summed E-state index contributed by atoms with van der Waals surface area (Å²) >= 11 is 0. The molecule has 0 radical (unpaired) electrons. The number of carbonyl (C=O) groups is 1. The van der Waals surface area contributed by atoms with Gasteiger partial charge in [-0.2, -0.15) is 0 Å². The van der Waals surface area contributed by atoms with Gasteiger partial charge in [0, 0.05) is 6.04 Å². The Bertz CT molecular complexity index is 470. The Morgan fingerprint density at radius 1 is 1.35 bits per heavy atom. The average Bonchev–Trinajstić information content (AvgIpc) is 2.44. The van der Waals surface area contributed by atoms with E-state index in [1.807, 2.05) is 0 Å². The number of benzene rings is 1. The van der Waals surface area contributed by atoms with Crippen molar-refractivity contribution in [3.05, 3.63) is 29.6 Å². The molecule has 0 saturated heterocycles. The minimum absolute atomic E-state index is 0.0983. The third-order valence-corrected chi connectivity index (χ3v) is 3.76. The fourth-order valence-corrected chi connectivity index (χ4v) is 2.51. The fourth-order valence-electron chi connectivity index (χ4n) is 2.51. The molecule has 1 aliphatic rings. The van der Waals surface area contributed by atoms with E-state index in [4.69, 9.17) is 4.74 Å². The van der Waals surface area contributed by atoms with Gasteiger partial charge in [0.15, 0.2) is 6.10 Å². The maximum atomic E-state index is 13.2. The van der Waals surface area contributed by atoms with Crippen LogP contribution < -0.4 is 10.1 Å². The molecule has 1 N–H and O–H groups in total. The number of amides is 1. The van der Waals surface area contributed by atoms with Gasteiger partial charge in [0.2, 0.25) is 0 Å². The van der Waals surface area contributed by atoms with Gasteiger partial charge in [-0.25, -0.2) is 4.39 Å². The second-order valence-corrected chi connectivity index (χ2v) is 5.51. The smallest absolute Gasteiger partial charge is 0.260 e. The molecule has 1 fully saturated rings. The molecule has 1 aliphatic carbocycles. The van der Waals surface area contributed by atoms with Gasteiger partial charge in [-0.05, 0) is 50.5 Å². The van der Waals surface area contributed by atoms with E-state index < -0.39 is 6.10 Å². The van der Waals surface area contributed by atoms with Crippen molar-refractivity contribution in [2.75, 3.05) is 0 Å². The number of hydrogen-bond donors (Lipinski definition) is 1. The average molecular weight is 279 g/mol. The first-order valence-electron chi connectivity index (χ1n) is 7.29. The van der Waals surface area contributed by atoms with Crippen LogP contribution in [0, 0.1) is 12.7 Å². The van der Waals surface area contributed by atoms with Crippen LogP contribution in [0.3, 0.4) is 0 Å². The zero-order valence-corrected chi connectivity index (χ0v) is 12.1. The molecule has 0 aliphatic heterocycles. The maximum Gasteiger partial charge on any atom is 0.260 e. The highest BCUT2D eigenvalue weighted by Gasteiger charge is 2.20. The van der Waals surface area contributed by atoms with Crippen molar-refractivity contribution in [3.63, 3.8) is 0 Å². The summed E-state index contributed by atoms with van der Waals surface area (Å²) in [4.78, 5) is 12.1. The highest BCUT2D eigenvalue weighted by molar-refractivity contribution is 5.81. The van der Waals surface area contributed by atoms with Crippen LogP contribution in [0.4, 0.5) is 4.39 Å². The molecule has 20 heavy (non-hydrogen) atoms. The Balaban J connectivity index is 1.88. The zero-order chi connectivity index (χ0) is 14.5. The number of carbonyl (C=O) groups excluding carboxylic acids is 1. The van der Waals surface area contributed by atoms with E-state index in [1.165, 1.54) is 25.3 Å². The lowest BCUT2D eigenvalue weighted by atomic mass is 9.95. The summed E-state index contributed by atoms with van der Waals surface area (Å²) in [5.41, 5.74) is 0.516. The van der Waals surface area contributed by atoms with E-state index in [-0.39, 0.29) is 17.8 Å². The Morgan fingerprint density at radius 2 is 2.05 bits per heavy atom. The Hall–Kier alpha value is -1.58.